The highest BCUT2D eigenvalue weighted by Crippen LogP contribution is 2.25. The highest BCUT2D eigenvalue weighted by molar-refractivity contribution is 5.78. The van der Waals surface area contributed by atoms with Crippen molar-refractivity contribution >= 4 is 11.6 Å². The van der Waals surface area contributed by atoms with Crippen LogP contribution >= 0.6 is 0 Å². The number of rotatable bonds is 6. The number of hydrogen-bond donors (Lipinski definition) is 1. The molecule has 0 aromatic heterocycles. The van der Waals surface area contributed by atoms with Gasteiger partial charge in [0.25, 0.3) is 0 Å². The summed E-state index contributed by atoms with van der Waals surface area (Å²) in [5, 5.41) is 0. The fourth-order valence-electron chi connectivity index (χ4n) is 3.84. The standard InChI is InChI=1S/C23H31N5/c1-26(21-11-12-21)23(24)25-17-19-7-5-6-8-20(19)18-27-13-15-28(16-14-27)22-9-3-2-4-10-22/h2-10,21H,11-18H2,1H3,(H2,24,25). The molecule has 5 heteroatoms. The van der Waals surface area contributed by atoms with Crippen molar-refractivity contribution in [2.45, 2.75) is 32.0 Å². The first-order chi connectivity index (χ1) is 13.7. The summed E-state index contributed by atoms with van der Waals surface area (Å²) < 4.78 is 0. The Kier molecular flexibility index (Phi) is 5.81. The van der Waals surface area contributed by atoms with E-state index in [1.54, 1.807) is 0 Å². The van der Waals surface area contributed by atoms with Crippen molar-refractivity contribution in [1.82, 2.24) is 9.80 Å². The molecule has 2 aromatic rings. The molecule has 1 aliphatic heterocycles. The molecule has 4 rings (SSSR count). The molecule has 148 valence electrons. The van der Waals surface area contributed by atoms with E-state index >= 15 is 0 Å². The van der Waals surface area contributed by atoms with Gasteiger partial charge in [-0.15, -0.1) is 0 Å². The first kappa shape index (κ1) is 18.8. The van der Waals surface area contributed by atoms with E-state index in [0.29, 0.717) is 18.5 Å². The minimum absolute atomic E-state index is 0.597. The van der Waals surface area contributed by atoms with Crippen molar-refractivity contribution in [2.24, 2.45) is 10.7 Å². The van der Waals surface area contributed by atoms with Crippen molar-refractivity contribution in [3.05, 3.63) is 65.7 Å². The highest BCUT2D eigenvalue weighted by atomic mass is 15.3. The van der Waals surface area contributed by atoms with Gasteiger partial charge in [-0.3, -0.25) is 4.90 Å². The maximum absolute atomic E-state index is 6.17. The van der Waals surface area contributed by atoms with E-state index in [0.717, 1.165) is 32.7 Å². The topological polar surface area (TPSA) is 48.1 Å². The van der Waals surface area contributed by atoms with Gasteiger partial charge >= 0.3 is 0 Å². The minimum Gasteiger partial charge on any atom is -0.370 e. The number of benzene rings is 2. The second-order valence-corrected chi connectivity index (χ2v) is 7.88. The zero-order valence-electron chi connectivity index (χ0n) is 16.8. The molecule has 2 fully saturated rings. The minimum atomic E-state index is 0.597. The molecule has 0 spiro atoms. The van der Waals surface area contributed by atoms with Crippen LogP contribution in [-0.2, 0) is 13.1 Å². The molecule has 1 saturated carbocycles. The number of anilines is 1. The summed E-state index contributed by atoms with van der Waals surface area (Å²) in [7, 11) is 2.05. The number of nitrogens with zero attached hydrogens (tertiary/aromatic N) is 4. The van der Waals surface area contributed by atoms with Crippen LogP contribution in [0.3, 0.4) is 0 Å². The number of guanidine groups is 1. The van der Waals surface area contributed by atoms with Gasteiger partial charge in [-0.25, -0.2) is 4.99 Å². The third-order valence-electron chi connectivity index (χ3n) is 5.87. The molecule has 5 nitrogen and oxygen atoms in total. The average molecular weight is 378 g/mol. The summed E-state index contributed by atoms with van der Waals surface area (Å²) in [6.07, 6.45) is 2.47. The van der Waals surface area contributed by atoms with Gasteiger partial charge in [0.05, 0.1) is 6.54 Å². The molecule has 1 saturated heterocycles. The van der Waals surface area contributed by atoms with Crippen LogP contribution in [0.2, 0.25) is 0 Å². The molecule has 0 atom stereocenters. The van der Waals surface area contributed by atoms with Gasteiger partial charge in [-0.1, -0.05) is 42.5 Å². The molecule has 0 bridgehead atoms. The molecule has 28 heavy (non-hydrogen) atoms. The summed E-state index contributed by atoms with van der Waals surface area (Å²) in [5.41, 5.74) is 10.1. The Morgan fingerprint density at radius 3 is 2.29 bits per heavy atom. The number of piperazine rings is 1. The van der Waals surface area contributed by atoms with Crippen LogP contribution in [0, 0.1) is 0 Å². The van der Waals surface area contributed by atoms with Crippen LogP contribution in [0.1, 0.15) is 24.0 Å². The van der Waals surface area contributed by atoms with Crippen LogP contribution in [0.25, 0.3) is 0 Å². The summed E-state index contributed by atoms with van der Waals surface area (Å²) >= 11 is 0. The fourth-order valence-corrected chi connectivity index (χ4v) is 3.84. The Balaban J connectivity index is 1.34. The van der Waals surface area contributed by atoms with Gasteiger partial charge in [0.15, 0.2) is 5.96 Å². The van der Waals surface area contributed by atoms with E-state index in [1.807, 2.05) is 0 Å². The third kappa shape index (κ3) is 4.65. The fraction of sp³-hybridized carbons (Fsp3) is 0.435. The van der Waals surface area contributed by atoms with Gasteiger partial charge in [0, 0.05) is 51.5 Å². The van der Waals surface area contributed by atoms with E-state index in [4.69, 9.17) is 5.73 Å². The lowest BCUT2D eigenvalue weighted by atomic mass is 10.1. The molecular weight excluding hydrogens is 346 g/mol. The smallest absolute Gasteiger partial charge is 0.191 e. The van der Waals surface area contributed by atoms with E-state index in [-0.39, 0.29) is 0 Å². The van der Waals surface area contributed by atoms with Gasteiger partial charge < -0.3 is 15.5 Å². The molecule has 2 aliphatic rings. The second kappa shape index (κ2) is 8.65. The molecule has 2 N–H and O–H groups in total. The van der Waals surface area contributed by atoms with E-state index < -0.39 is 0 Å². The maximum Gasteiger partial charge on any atom is 0.191 e. The summed E-state index contributed by atoms with van der Waals surface area (Å²) in [4.78, 5) is 11.8. The van der Waals surface area contributed by atoms with Crippen LogP contribution in [0.4, 0.5) is 5.69 Å². The van der Waals surface area contributed by atoms with Crippen LogP contribution in [0.5, 0.6) is 0 Å². The van der Waals surface area contributed by atoms with Crippen molar-refractivity contribution in [3.8, 4) is 0 Å². The lowest BCUT2D eigenvalue weighted by molar-refractivity contribution is 0.249. The molecule has 0 amide bonds. The second-order valence-electron chi connectivity index (χ2n) is 7.88. The Hall–Kier alpha value is -2.53. The monoisotopic (exact) mass is 377 g/mol. The third-order valence-corrected chi connectivity index (χ3v) is 5.87. The Morgan fingerprint density at radius 2 is 1.61 bits per heavy atom. The van der Waals surface area contributed by atoms with Crippen molar-refractivity contribution in [1.29, 1.82) is 0 Å². The first-order valence-electron chi connectivity index (χ1n) is 10.3. The largest absolute Gasteiger partial charge is 0.370 e. The Labute approximate surface area is 168 Å². The molecule has 1 aliphatic carbocycles. The highest BCUT2D eigenvalue weighted by Gasteiger charge is 2.27. The van der Waals surface area contributed by atoms with E-state index in [9.17, 15) is 0 Å². The molecule has 2 aromatic carbocycles. The zero-order chi connectivity index (χ0) is 19.3. The van der Waals surface area contributed by atoms with Crippen molar-refractivity contribution in [2.75, 3.05) is 38.1 Å². The number of aliphatic imine (C=N–C) groups is 1. The van der Waals surface area contributed by atoms with E-state index in [1.165, 1.54) is 29.7 Å². The van der Waals surface area contributed by atoms with Gasteiger partial charge in [0.2, 0.25) is 0 Å². The number of para-hydroxylation sites is 1. The number of hydrogen-bond acceptors (Lipinski definition) is 3. The Bertz CT molecular complexity index is 792. The van der Waals surface area contributed by atoms with Gasteiger partial charge in [-0.2, -0.15) is 0 Å². The van der Waals surface area contributed by atoms with Crippen LogP contribution in [0.15, 0.2) is 59.6 Å². The van der Waals surface area contributed by atoms with Gasteiger partial charge in [0.1, 0.15) is 0 Å². The molecular formula is C23H31N5. The zero-order valence-corrected chi connectivity index (χ0v) is 16.8. The molecule has 0 unspecified atom stereocenters. The first-order valence-corrected chi connectivity index (χ1v) is 10.3. The lowest BCUT2D eigenvalue weighted by Gasteiger charge is -2.36. The Morgan fingerprint density at radius 1 is 0.964 bits per heavy atom. The summed E-state index contributed by atoms with van der Waals surface area (Å²) in [6, 6.07) is 19.9. The van der Waals surface area contributed by atoms with Crippen LogP contribution in [-0.4, -0.2) is 55.0 Å². The average Bonchev–Trinajstić information content (AvgIpc) is 3.59. The lowest BCUT2D eigenvalue weighted by Crippen LogP contribution is -2.46. The predicted octanol–water partition coefficient (Wildman–Crippen LogP) is 2.92. The maximum atomic E-state index is 6.17. The van der Waals surface area contributed by atoms with E-state index in [2.05, 4.69) is 81.3 Å². The normalized spacial score (nSPS) is 18.3. The molecule has 1 heterocycles. The van der Waals surface area contributed by atoms with Crippen LogP contribution < -0.4 is 10.6 Å². The molecule has 0 radical (unpaired) electrons. The summed E-state index contributed by atoms with van der Waals surface area (Å²) in [6.45, 7) is 5.95. The SMILES string of the molecule is CN(C(N)=NCc1ccccc1CN1CCN(c2ccccc2)CC1)C1CC1. The predicted molar refractivity (Wildman–Crippen MR) is 116 cm³/mol. The van der Waals surface area contributed by atoms with Crippen molar-refractivity contribution in [3.63, 3.8) is 0 Å². The van der Waals surface area contributed by atoms with Crippen molar-refractivity contribution < 1.29 is 0 Å². The van der Waals surface area contributed by atoms with Gasteiger partial charge in [-0.05, 0) is 36.1 Å². The number of nitrogens with two attached hydrogens (primary N) is 1. The summed E-state index contributed by atoms with van der Waals surface area (Å²) in [5.74, 6) is 0.661. The quantitative estimate of drug-likeness (QED) is 0.621.